The zero-order valence-corrected chi connectivity index (χ0v) is 23.1. The van der Waals surface area contributed by atoms with Gasteiger partial charge in [0.25, 0.3) is 0 Å². The van der Waals surface area contributed by atoms with E-state index in [2.05, 4.69) is 31.1 Å². The predicted octanol–water partition coefficient (Wildman–Crippen LogP) is 4.66. The third-order valence-corrected chi connectivity index (χ3v) is 7.61. The first kappa shape index (κ1) is 28.1. The number of aliphatic imine (C=N–C) groups is 1. The first-order valence-electron chi connectivity index (χ1n) is 13.8. The molecule has 0 bridgehead atoms. The minimum atomic E-state index is -0.683. The molecule has 1 aliphatic carbocycles. The smallest absolute Gasteiger partial charge is 0.245 e. The highest BCUT2D eigenvalue weighted by Crippen LogP contribution is 2.28. The molecule has 0 radical (unpaired) electrons. The number of hydrogen-bond acceptors (Lipinski definition) is 6. The Labute approximate surface area is 230 Å². The average Bonchev–Trinajstić information content (AvgIpc) is 3.46. The maximum Gasteiger partial charge on any atom is 0.245 e. The van der Waals surface area contributed by atoms with Gasteiger partial charge in [0, 0.05) is 5.56 Å². The number of guanidine groups is 1. The van der Waals surface area contributed by atoms with Gasteiger partial charge in [-0.25, -0.2) is 4.99 Å². The number of benzene rings is 2. The van der Waals surface area contributed by atoms with Gasteiger partial charge in [0.1, 0.15) is 12.6 Å². The van der Waals surface area contributed by atoms with Gasteiger partial charge < -0.3 is 11.1 Å². The molecule has 2 aromatic rings. The number of rotatable bonds is 9. The number of nitrogens with zero attached hydrogens (tertiary/aromatic N) is 4. The van der Waals surface area contributed by atoms with Crippen LogP contribution in [0.3, 0.4) is 0 Å². The van der Waals surface area contributed by atoms with Crippen LogP contribution in [0.15, 0.2) is 62.9 Å². The third kappa shape index (κ3) is 8.05. The standard InChI is InChI=1S/C30H39N7O2/c1-19-12-13-23(14-20(19)2)16-28(38)35-30(31)34-26(15-22-8-5-4-6-9-22)29(39)33-21(3)24-10-7-11-25(17-24)27-18-32-37-36-27/h7,10-14,17,21-22,26H,4-6,8-9,15-16,18H2,1-3H3,(H,33,39)(H3,31,34,35,38)/t21-,26+/m0/s1. The molecule has 0 unspecified atom stereocenters. The van der Waals surface area contributed by atoms with Crippen LogP contribution in [0.25, 0.3) is 0 Å². The summed E-state index contributed by atoms with van der Waals surface area (Å²) in [6, 6.07) is 12.9. The molecule has 2 amide bonds. The monoisotopic (exact) mass is 529 g/mol. The molecular formula is C30H39N7O2. The summed E-state index contributed by atoms with van der Waals surface area (Å²) in [5.41, 5.74) is 12.1. The van der Waals surface area contributed by atoms with Gasteiger partial charge in [-0.3, -0.25) is 14.9 Å². The molecule has 4 rings (SSSR count). The topological polar surface area (TPSA) is 134 Å². The van der Waals surface area contributed by atoms with Crippen molar-refractivity contribution in [3.63, 3.8) is 0 Å². The van der Waals surface area contributed by atoms with E-state index in [9.17, 15) is 9.59 Å². The molecule has 39 heavy (non-hydrogen) atoms. The molecule has 1 saturated carbocycles. The summed E-state index contributed by atoms with van der Waals surface area (Å²) in [5.74, 6) is -0.0761. The fourth-order valence-corrected chi connectivity index (χ4v) is 5.19. The zero-order chi connectivity index (χ0) is 27.8. The molecule has 2 atom stereocenters. The molecule has 9 nitrogen and oxygen atoms in total. The predicted molar refractivity (Wildman–Crippen MR) is 154 cm³/mol. The molecule has 9 heteroatoms. The van der Waals surface area contributed by atoms with Crippen LogP contribution in [0, 0.1) is 19.8 Å². The molecule has 1 heterocycles. The van der Waals surface area contributed by atoms with E-state index in [1.54, 1.807) is 0 Å². The Morgan fingerprint density at radius 1 is 1.08 bits per heavy atom. The van der Waals surface area contributed by atoms with Gasteiger partial charge in [-0.15, -0.1) is 5.10 Å². The maximum absolute atomic E-state index is 13.5. The van der Waals surface area contributed by atoms with E-state index in [-0.39, 0.29) is 30.2 Å². The lowest BCUT2D eigenvalue weighted by Gasteiger charge is -2.25. The van der Waals surface area contributed by atoms with Crippen molar-refractivity contribution in [1.29, 1.82) is 0 Å². The molecule has 2 aromatic carbocycles. The SMILES string of the molecule is Cc1ccc(CC(=O)NC(N)=N[C@H](CC2CCCCC2)C(=O)N[C@@H](C)c2cccc(C3=NN=NC3)c2)cc1C. The lowest BCUT2D eigenvalue weighted by Crippen LogP contribution is -2.42. The summed E-state index contributed by atoms with van der Waals surface area (Å²) in [6.45, 7) is 6.46. The van der Waals surface area contributed by atoms with Gasteiger partial charge in [-0.1, -0.05) is 68.5 Å². The second-order valence-electron chi connectivity index (χ2n) is 10.7. The number of aryl methyl sites for hydroxylation is 2. The Kier molecular flexibility index (Phi) is 9.57. The highest BCUT2D eigenvalue weighted by atomic mass is 16.2. The van der Waals surface area contributed by atoms with Crippen LogP contribution in [0.4, 0.5) is 0 Å². The summed E-state index contributed by atoms with van der Waals surface area (Å²) < 4.78 is 0. The van der Waals surface area contributed by atoms with Crippen LogP contribution in [0.5, 0.6) is 0 Å². The van der Waals surface area contributed by atoms with Crippen molar-refractivity contribution in [3.8, 4) is 0 Å². The zero-order valence-electron chi connectivity index (χ0n) is 23.1. The van der Waals surface area contributed by atoms with E-state index < -0.39 is 6.04 Å². The Hall–Kier alpha value is -3.88. The largest absolute Gasteiger partial charge is 0.370 e. The molecule has 0 spiro atoms. The van der Waals surface area contributed by atoms with Crippen LogP contribution in [0.1, 0.15) is 79.3 Å². The Morgan fingerprint density at radius 3 is 2.59 bits per heavy atom. The molecule has 206 valence electrons. The van der Waals surface area contributed by atoms with Crippen molar-refractivity contribution >= 4 is 23.5 Å². The molecule has 2 aliphatic rings. The summed E-state index contributed by atoms with van der Waals surface area (Å²) in [5, 5.41) is 17.5. The fraction of sp³-hybridized carbons (Fsp3) is 0.467. The second kappa shape index (κ2) is 13.3. The van der Waals surface area contributed by atoms with Crippen molar-refractivity contribution in [3.05, 3.63) is 70.3 Å². The van der Waals surface area contributed by atoms with Crippen LogP contribution < -0.4 is 16.4 Å². The number of hydrogen-bond donors (Lipinski definition) is 3. The summed E-state index contributed by atoms with van der Waals surface area (Å²) in [6.07, 6.45) is 6.50. The van der Waals surface area contributed by atoms with E-state index >= 15 is 0 Å². The number of carbonyl (C=O) groups excluding carboxylic acids is 2. The minimum Gasteiger partial charge on any atom is -0.370 e. The van der Waals surface area contributed by atoms with E-state index in [4.69, 9.17) is 5.73 Å². The fourth-order valence-electron chi connectivity index (χ4n) is 5.19. The normalized spacial score (nSPS) is 17.4. The van der Waals surface area contributed by atoms with Gasteiger partial charge in [-0.2, -0.15) is 5.11 Å². The molecule has 4 N–H and O–H groups in total. The first-order chi connectivity index (χ1) is 18.8. The number of nitrogens with one attached hydrogen (secondary N) is 2. The van der Waals surface area contributed by atoms with Crippen molar-refractivity contribution in [1.82, 2.24) is 10.6 Å². The highest BCUT2D eigenvalue weighted by Gasteiger charge is 2.26. The third-order valence-electron chi connectivity index (χ3n) is 7.61. The van der Waals surface area contributed by atoms with Gasteiger partial charge in [0.15, 0.2) is 5.96 Å². The van der Waals surface area contributed by atoms with E-state index in [0.717, 1.165) is 53.6 Å². The average molecular weight is 530 g/mol. The lowest BCUT2D eigenvalue weighted by atomic mass is 9.84. The quantitative estimate of drug-likeness (QED) is 0.322. The van der Waals surface area contributed by atoms with Crippen molar-refractivity contribution in [2.24, 2.45) is 32.1 Å². The lowest BCUT2D eigenvalue weighted by molar-refractivity contribution is -0.123. The van der Waals surface area contributed by atoms with Crippen LogP contribution in [0.2, 0.25) is 0 Å². The van der Waals surface area contributed by atoms with Gasteiger partial charge in [-0.05, 0) is 66.7 Å². The molecular weight excluding hydrogens is 490 g/mol. The van der Waals surface area contributed by atoms with Gasteiger partial charge >= 0.3 is 0 Å². The maximum atomic E-state index is 13.5. The summed E-state index contributed by atoms with van der Waals surface area (Å²) in [7, 11) is 0. The van der Waals surface area contributed by atoms with E-state index in [1.165, 1.54) is 12.0 Å². The molecule has 0 aromatic heterocycles. The summed E-state index contributed by atoms with van der Waals surface area (Å²) in [4.78, 5) is 30.7. The molecule has 1 aliphatic heterocycles. The van der Waals surface area contributed by atoms with Gasteiger partial charge in [0.2, 0.25) is 11.8 Å². The van der Waals surface area contributed by atoms with Gasteiger partial charge in [0.05, 0.1) is 18.2 Å². The minimum absolute atomic E-state index is 0.0267. The molecule has 1 fully saturated rings. The number of carbonyl (C=O) groups is 2. The van der Waals surface area contributed by atoms with E-state index in [0.29, 0.717) is 18.9 Å². The van der Waals surface area contributed by atoms with Crippen molar-refractivity contribution < 1.29 is 9.59 Å². The Morgan fingerprint density at radius 2 is 1.87 bits per heavy atom. The number of nitrogens with two attached hydrogens (primary N) is 1. The van der Waals surface area contributed by atoms with Crippen molar-refractivity contribution in [2.45, 2.75) is 77.8 Å². The second-order valence-corrected chi connectivity index (χ2v) is 10.7. The summed E-state index contributed by atoms with van der Waals surface area (Å²) >= 11 is 0. The highest BCUT2D eigenvalue weighted by molar-refractivity contribution is 6.02. The Bertz CT molecular complexity index is 1280. The first-order valence-corrected chi connectivity index (χ1v) is 13.8. The van der Waals surface area contributed by atoms with Crippen LogP contribution >= 0.6 is 0 Å². The molecule has 0 saturated heterocycles. The van der Waals surface area contributed by atoms with Crippen molar-refractivity contribution in [2.75, 3.05) is 6.54 Å². The van der Waals surface area contributed by atoms with Crippen LogP contribution in [-0.2, 0) is 16.0 Å². The Balaban J connectivity index is 1.43. The van der Waals surface area contributed by atoms with E-state index in [1.807, 2.05) is 63.2 Å². The van der Waals surface area contributed by atoms with Crippen LogP contribution in [-0.4, -0.2) is 36.1 Å². The number of amides is 2.